The Kier molecular flexibility index (Phi) is 6.73. The molecule has 14 aromatic rings. The minimum absolute atomic E-state index is 0.0569. The summed E-state index contributed by atoms with van der Waals surface area (Å²) < 4.78 is 38.9. The van der Waals surface area contributed by atoms with Crippen molar-refractivity contribution in [3.8, 4) is 34.1 Å². The van der Waals surface area contributed by atoms with Crippen LogP contribution in [0.3, 0.4) is 0 Å². The van der Waals surface area contributed by atoms with Crippen LogP contribution in [0.2, 0.25) is 0 Å². The summed E-state index contributed by atoms with van der Waals surface area (Å²) in [6.07, 6.45) is 0. The highest BCUT2D eigenvalue weighted by molar-refractivity contribution is 6.13. The van der Waals surface area contributed by atoms with Crippen LogP contribution in [0.5, 0.6) is 0 Å². The molecule has 0 aliphatic rings. The van der Waals surface area contributed by atoms with Gasteiger partial charge in [-0.1, -0.05) is 152 Å². The van der Waals surface area contributed by atoms with Crippen molar-refractivity contribution >= 4 is 87.2 Å². The highest BCUT2D eigenvalue weighted by atomic mass is 15.1. The molecule has 5 nitrogen and oxygen atoms in total. The Balaban J connectivity index is 1.23. The van der Waals surface area contributed by atoms with E-state index in [2.05, 4.69) is 176 Å². The van der Waals surface area contributed by atoms with E-state index in [0.717, 1.165) is 92.9 Å². The van der Waals surface area contributed by atoms with Crippen LogP contribution in [0.4, 0.5) is 0 Å². The Morgan fingerprint density at radius 3 is 0.922 bits per heavy atom. The number of aromatic nitrogens is 5. The highest BCUT2D eigenvalue weighted by Crippen LogP contribution is 2.44. The van der Waals surface area contributed by atoms with Crippen LogP contribution in [0.1, 0.15) is 4.11 Å². The molecule has 0 spiro atoms. The summed E-state index contributed by atoms with van der Waals surface area (Å²) >= 11 is 0. The zero-order chi connectivity index (χ0) is 44.5. The number of pyridine rings is 1. The molecule has 0 amide bonds. The SMILES string of the molecule is [2H]c1c([2H])c(-n2c3ccccc3c3ccccc32)c(-c2cc(-n3c4ccccc4c4ccccc43)cc(-n3c4ccccc4c4ccccc43)n2)c(-n2c3ccccc3c3ccccc32)c1[2H]. The van der Waals surface area contributed by atoms with Gasteiger partial charge in [-0.05, 0) is 66.7 Å². The van der Waals surface area contributed by atoms with Gasteiger partial charge in [-0.2, -0.15) is 0 Å². The van der Waals surface area contributed by atoms with Gasteiger partial charge in [-0.3, -0.25) is 4.57 Å². The molecule has 298 valence electrons. The maximum absolute atomic E-state index is 10.1. The fourth-order valence-corrected chi connectivity index (χ4v) is 10.5. The number of nitrogens with zero attached hydrogens (tertiary/aromatic N) is 5. The van der Waals surface area contributed by atoms with E-state index in [1.807, 2.05) is 48.5 Å². The summed E-state index contributed by atoms with van der Waals surface area (Å²) in [7, 11) is 0. The predicted octanol–water partition coefficient (Wildman–Crippen LogP) is 15.1. The summed E-state index contributed by atoms with van der Waals surface area (Å²) in [5, 5.41) is 8.60. The fourth-order valence-electron chi connectivity index (χ4n) is 10.5. The zero-order valence-electron chi connectivity index (χ0n) is 37.4. The Morgan fingerprint density at radius 2 is 0.594 bits per heavy atom. The highest BCUT2D eigenvalue weighted by Gasteiger charge is 2.25. The van der Waals surface area contributed by atoms with Gasteiger partial charge in [0.1, 0.15) is 5.82 Å². The molecule has 0 saturated heterocycles. The number of para-hydroxylation sites is 8. The smallest absolute Gasteiger partial charge is 0.140 e. The monoisotopic (exact) mass is 818 g/mol. The normalized spacial score (nSPS) is 12.7. The average Bonchev–Trinajstić information content (AvgIpc) is 4.11. The van der Waals surface area contributed by atoms with Gasteiger partial charge in [-0.25, -0.2) is 4.98 Å². The van der Waals surface area contributed by atoms with Crippen LogP contribution < -0.4 is 0 Å². The van der Waals surface area contributed by atoms with E-state index < -0.39 is 0 Å². The average molecular weight is 819 g/mol. The predicted molar refractivity (Wildman–Crippen MR) is 267 cm³/mol. The first-order chi connectivity index (χ1) is 33.0. The topological polar surface area (TPSA) is 32.6 Å². The summed E-state index contributed by atoms with van der Waals surface area (Å²) in [6, 6.07) is 71.1. The molecule has 0 atom stereocenters. The van der Waals surface area contributed by atoms with Gasteiger partial charge in [0, 0.05) is 54.7 Å². The van der Waals surface area contributed by atoms with E-state index in [9.17, 15) is 4.11 Å². The summed E-state index contributed by atoms with van der Waals surface area (Å²) in [5.74, 6) is 0.682. The van der Waals surface area contributed by atoms with Crippen molar-refractivity contribution in [1.82, 2.24) is 23.3 Å². The molecule has 0 saturated carbocycles. The zero-order valence-corrected chi connectivity index (χ0v) is 34.4. The van der Waals surface area contributed by atoms with Crippen molar-refractivity contribution in [1.29, 1.82) is 0 Å². The molecule has 0 unspecified atom stereocenters. The maximum Gasteiger partial charge on any atom is 0.140 e. The quantitative estimate of drug-likeness (QED) is 0.170. The van der Waals surface area contributed by atoms with Gasteiger partial charge in [0.05, 0.1) is 71.0 Å². The lowest BCUT2D eigenvalue weighted by Crippen LogP contribution is -2.07. The van der Waals surface area contributed by atoms with E-state index in [0.29, 0.717) is 28.5 Å². The molecule has 14 rings (SSSR count). The molecule has 0 N–H and O–H groups in total. The lowest BCUT2D eigenvalue weighted by atomic mass is 10.0. The number of rotatable bonds is 5. The lowest BCUT2D eigenvalue weighted by Gasteiger charge is -2.21. The van der Waals surface area contributed by atoms with Gasteiger partial charge in [0.15, 0.2) is 0 Å². The number of benzene rings is 9. The summed E-state index contributed by atoms with van der Waals surface area (Å²) in [4.78, 5) is 5.78. The van der Waals surface area contributed by atoms with Crippen LogP contribution in [-0.2, 0) is 0 Å². The number of fused-ring (bicyclic) bond motifs is 12. The van der Waals surface area contributed by atoms with Gasteiger partial charge in [-0.15, -0.1) is 0 Å². The number of hydrogen-bond donors (Lipinski definition) is 0. The van der Waals surface area contributed by atoms with Crippen molar-refractivity contribution in [2.45, 2.75) is 0 Å². The van der Waals surface area contributed by atoms with E-state index in [4.69, 9.17) is 4.98 Å². The van der Waals surface area contributed by atoms with E-state index in [1.165, 1.54) is 0 Å². The second-order valence-electron chi connectivity index (χ2n) is 16.5. The largest absolute Gasteiger partial charge is 0.309 e. The third-order valence-corrected chi connectivity index (χ3v) is 13.1. The van der Waals surface area contributed by atoms with Crippen LogP contribution in [-0.4, -0.2) is 23.3 Å². The molecule has 0 radical (unpaired) electrons. The standard InChI is InChI=1S/C59H37N5/c1-9-26-48-39(18-1)40-19-2-10-27-49(40)61(48)38-36-47(60-58(37-38)64-54-32-15-7-24-45(54)46-25-8-16-33-55(46)64)59-56(62-50-28-11-3-20-41(50)42-21-4-12-29-51(42)62)34-17-35-57(59)63-52-30-13-5-22-43(52)44-23-6-14-31-53(44)63/h1-37H/i17D,34D,35D. The number of hydrogen-bond acceptors (Lipinski definition) is 1. The van der Waals surface area contributed by atoms with Crippen LogP contribution in [0.25, 0.3) is 121 Å². The molecular formula is C59H37N5. The minimum atomic E-state index is -0.168. The molecule has 0 aliphatic heterocycles. The fraction of sp³-hybridized carbons (Fsp3) is 0. The Hall–Kier alpha value is -8.67. The Bertz CT molecular complexity index is 3910. The van der Waals surface area contributed by atoms with Gasteiger partial charge < -0.3 is 13.7 Å². The van der Waals surface area contributed by atoms with Crippen molar-refractivity contribution < 1.29 is 4.11 Å². The van der Waals surface area contributed by atoms with Gasteiger partial charge >= 0.3 is 0 Å². The van der Waals surface area contributed by atoms with Crippen molar-refractivity contribution in [2.24, 2.45) is 0 Å². The van der Waals surface area contributed by atoms with E-state index in [1.54, 1.807) is 0 Å². The third kappa shape index (κ3) is 4.86. The Morgan fingerprint density at radius 1 is 0.312 bits per heavy atom. The molecular weight excluding hydrogens is 779 g/mol. The summed E-state index contributed by atoms with van der Waals surface area (Å²) in [5.41, 5.74) is 10.7. The molecule has 5 heteroatoms. The third-order valence-electron chi connectivity index (χ3n) is 13.1. The van der Waals surface area contributed by atoms with Crippen LogP contribution >= 0.6 is 0 Å². The molecule has 5 aromatic heterocycles. The van der Waals surface area contributed by atoms with Crippen molar-refractivity contribution in [2.75, 3.05) is 0 Å². The van der Waals surface area contributed by atoms with Crippen molar-refractivity contribution in [3.63, 3.8) is 0 Å². The molecule has 5 heterocycles. The first-order valence-electron chi connectivity index (χ1n) is 23.2. The second-order valence-corrected chi connectivity index (χ2v) is 16.5. The molecule has 0 fully saturated rings. The van der Waals surface area contributed by atoms with E-state index in [-0.39, 0.29) is 18.1 Å². The van der Waals surface area contributed by atoms with E-state index >= 15 is 0 Å². The first kappa shape index (κ1) is 32.1. The maximum atomic E-state index is 10.1. The minimum Gasteiger partial charge on any atom is -0.309 e. The van der Waals surface area contributed by atoms with Crippen LogP contribution in [0, 0.1) is 0 Å². The summed E-state index contributed by atoms with van der Waals surface area (Å²) in [6.45, 7) is 0. The Labute approximate surface area is 371 Å². The molecule has 0 aliphatic carbocycles. The first-order valence-corrected chi connectivity index (χ1v) is 21.7. The lowest BCUT2D eigenvalue weighted by molar-refractivity contribution is 1.05. The molecule has 9 aromatic carbocycles. The molecule has 64 heavy (non-hydrogen) atoms. The van der Waals surface area contributed by atoms with Gasteiger partial charge in [0.25, 0.3) is 0 Å². The van der Waals surface area contributed by atoms with Gasteiger partial charge in [0.2, 0.25) is 0 Å². The molecule has 0 bridgehead atoms. The van der Waals surface area contributed by atoms with Crippen molar-refractivity contribution in [3.05, 3.63) is 224 Å². The second kappa shape index (κ2) is 13.4. The van der Waals surface area contributed by atoms with Crippen LogP contribution in [0.15, 0.2) is 224 Å².